The minimum atomic E-state index is -0.400. The Kier molecular flexibility index (Phi) is 5.04. The molecule has 5 nitrogen and oxygen atoms in total. The smallest absolute Gasteiger partial charge is 0.311 e. The Labute approximate surface area is 125 Å². The van der Waals surface area contributed by atoms with E-state index in [1.165, 1.54) is 25.3 Å². The average molecular weight is 292 g/mol. The Hall–Kier alpha value is -1.78. The number of nitrogens with zero attached hydrogens (tertiary/aromatic N) is 1. The lowest BCUT2D eigenvalue weighted by Gasteiger charge is -2.19. The molecule has 116 valence electrons. The summed E-state index contributed by atoms with van der Waals surface area (Å²) < 4.78 is 5.57. The standard InChI is InChI=1S/C16H24N2O3/c1-4-13(9-12-5-6-12)17-14-7-8-15(18(19)20)16(10-14)21-11(2)3/h7-8,10-13,17H,4-6,9H2,1-3H3. The molecule has 0 amide bonds. The molecular formula is C16H24N2O3. The maximum absolute atomic E-state index is 11.1. The number of ether oxygens (including phenoxy) is 1. The quantitative estimate of drug-likeness (QED) is 0.570. The third kappa shape index (κ3) is 4.62. The number of benzene rings is 1. The van der Waals surface area contributed by atoms with Crippen LogP contribution in [-0.4, -0.2) is 17.1 Å². The van der Waals surface area contributed by atoms with Crippen LogP contribution in [0.15, 0.2) is 18.2 Å². The van der Waals surface area contributed by atoms with E-state index in [9.17, 15) is 10.1 Å². The molecule has 0 aliphatic heterocycles. The topological polar surface area (TPSA) is 64.4 Å². The maximum Gasteiger partial charge on any atom is 0.311 e. The lowest BCUT2D eigenvalue weighted by Crippen LogP contribution is -2.19. The highest BCUT2D eigenvalue weighted by molar-refractivity contribution is 5.58. The molecule has 1 aromatic rings. The Bertz CT molecular complexity index is 498. The van der Waals surface area contributed by atoms with Gasteiger partial charge in [-0.25, -0.2) is 0 Å². The first-order chi connectivity index (χ1) is 9.99. The van der Waals surface area contributed by atoms with Gasteiger partial charge in [-0.1, -0.05) is 19.8 Å². The minimum absolute atomic E-state index is 0.0180. The van der Waals surface area contributed by atoms with Crippen LogP contribution in [0.1, 0.15) is 46.5 Å². The minimum Gasteiger partial charge on any atom is -0.484 e. The molecule has 1 aliphatic rings. The Morgan fingerprint density at radius 2 is 2.14 bits per heavy atom. The first-order valence-electron chi connectivity index (χ1n) is 7.71. The van der Waals surface area contributed by atoms with Crippen molar-refractivity contribution in [2.24, 2.45) is 5.92 Å². The summed E-state index contributed by atoms with van der Waals surface area (Å²) in [5, 5.41) is 14.5. The zero-order chi connectivity index (χ0) is 15.4. The lowest BCUT2D eigenvalue weighted by molar-refractivity contribution is -0.386. The summed E-state index contributed by atoms with van der Waals surface area (Å²) in [5.41, 5.74) is 0.910. The van der Waals surface area contributed by atoms with Crippen molar-refractivity contribution in [1.29, 1.82) is 0 Å². The molecule has 0 heterocycles. The highest BCUT2D eigenvalue weighted by atomic mass is 16.6. The van der Waals surface area contributed by atoms with Crippen molar-refractivity contribution < 1.29 is 9.66 Å². The molecule has 5 heteroatoms. The third-order valence-corrected chi connectivity index (χ3v) is 3.70. The zero-order valence-electron chi connectivity index (χ0n) is 13.0. The van der Waals surface area contributed by atoms with E-state index in [1.807, 2.05) is 13.8 Å². The number of nitro groups is 1. The molecule has 1 unspecified atom stereocenters. The average Bonchev–Trinajstić information content (AvgIpc) is 3.21. The van der Waals surface area contributed by atoms with E-state index < -0.39 is 4.92 Å². The molecule has 1 aromatic carbocycles. The normalized spacial score (nSPS) is 15.8. The van der Waals surface area contributed by atoms with E-state index in [2.05, 4.69) is 12.2 Å². The molecule has 21 heavy (non-hydrogen) atoms. The molecule has 0 bridgehead atoms. The van der Waals surface area contributed by atoms with Gasteiger partial charge in [0.2, 0.25) is 0 Å². The molecule has 0 aromatic heterocycles. The Morgan fingerprint density at radius 3 is 2.67 bits per heavy atom. The number of hydrogen-bond donors (Lipinski definition) is 1. The molecule has 1 N–H and O–H groups in total. The number of hydrogen-bond acceptors (Lipinski definition) is 4. The van der Waals surface area contributed by atoms with Crippen molar-refractivity contribution in [2.45, 2.75) is 58.6 Å². The van der Waals surface area contributed by atoms with Crippen LogP contribution in [0.2, 0.25) is 0 Å². The van der Waals surface area contributed by atoms with Crippen molar-refractivity contribution in [3.63, 3.8) is 0 Å². The zero-order valence-corrected chi connectivity index (χ0v) is 13.0. The van der Waals surface area contributed by atoms with Crippen LogP contribution in [0.25, 0.3) is 0 Å². The third-order valence-electron chi connectivity index (χ3n) is 3.70. The van der Waals surface area contributed by atoms with Crippen LogP contribution < -0.4 is 10.1 Å². The van der Waals surface area contributed by atoms with Crippen molar-refractivity contribution in [3.05, 3.63) is 28.3 Å². The van der Waals surface area contributed by atoms with Crippen LogP contribution in [0.5, 0.6) is 5.75 Å². The molecular weight excluding hydrogens is 268 g/mol. The van der Waals surface area contributed by atoms with Gasteiger partial charge in [0, 0.05) is 23.9 Å². The fourth-order valence-electron chi connectivity index (χ4n) is 2.42. The second kappa shape index (κ2) is 6.78. The van der Waals surface area contributed by atoms with Gasteiger partial charge in [0.05, 0.1) is 11.0 Å². The molecule has 0 saturated heterocycles. The predicted molar refractivity (Wildman–Crippen MR) is 83.9 cm³/mol. The first kappa shape index (κ1) is 15.6. The van der Waals surface area contributed by atoms with E-state index in [0.29, 0.717) is 11.8 Å². The second-order valence-corrected chi connectivity index (χ2v) is 6.03. The largest absolute Gasteiger partial charge is 0.484 e. The van der Waals surface area contributed by atoms with E-state index in [4.69, 9.17) is 4.74 Å². The summed E-state index contributed by atoms with van der Waals surface area (Å²) in [6.45, 7) is 5.90. The fraction of sp³-hybridized carbons (Fsp3) is 0.625. The summed E-state index contributed by atoms with van der Waals surface area (Å²) >= 11 is 0. The van der Waals surface area contributed by atoms with Crippen molar-refractivity contribution in [2.75, 3.05) is 5.32 Å². The van der Waals surface area contributed by atoms with Crippen molar-refractivity contribution >= 4 is 11.4 Å². The van der Waals surface area contributed by atoms with Crippen molar-refractivity contribution in [3.8, 4) is 5.75 Å². The van der Waals surface area contributed by atoms with Gasteiger partial charge in [0.15, 0.2) is 5.75 Å². The van der Waals surface area contributed by atoms with Crippen LogP contribution in [0, 0.1) is 16.0 Å². The summed E-state index contributed by atoms with van der Waals surface area (Å²) in [6, 6.07) is 5.45. The number of rotatable bonds is 8. The molecule has 1 fully saturated rings. The molecule has 0 spiro atoms. The maximum atomic E-state index is 11.1. The molecule has 1 saturated carbocycles. The van der Waals surface area contributed by atoms with Gasteiger partial charge in [0.1, 0.15) is 0 Å². The summed E-state index contributed by atoms with van der Waals surface area (Å²) in [4.78, 5) is 10.7. The van der Waals surface area contributed by atoms with Gasteiger partial charge in [-0.2, -0.15) is 0 Å². The van der Waals surface area contributed by atoms with Gasteiger partial charge >= 0.3 is 5.69 Å². The van der Waals surface area contributed by atoms with Crippen LogP contribution in [0.3, 0.4) is 0 Å². The fourth-order valence-corrected chi connectivity index (χ4v) is 2.42. The number of anilines is 1. The monoisotopic (exact) mass is 292 g/mol. The van der Waals surface area contributed by atoms with Gasteiger partial charge in [-0.05, 0) is 38.7 Å². The number of nitrogens with one attached hydrogen (secondary N) is 1. The molecule has 0 radical (unpaired) electrons. The predicted octanol–water partition coefficient (Wildman–Crippen LogP) is 4.37. The van der Waals surface area contributed by atoms with Gasteiger partial charge in [-0.3, -0.25) is 10.1 Å². The summed E-state index contributed by atoms with van der Waals surface area (Å²) in [5.74, 6) is 1.19. The van der Waals surface area contributed by atoms with E-state index in [0.717, 1.165) is 18.0 Å². The van der Waals surface area contributed by atoms with Crippen LogP contribution in [-0.2, 0) is 0 Å². The van der Waals surface area contributed by atoms with Crippen molar-refractivity contribution in [1.82, 2.24) is 0 Å². The number of nitro benzene ring substituents is 1. The lowest BCUT2D eigenvalue weighted by atomic mass is 10.1. The van der Waals surface area contributed by atoms with Crippen LogP contribution >= 0.6 is 0 Å². The van der Waals surface area contributed by atoms with Crippen LogP contribution in [0.4, 0.5) is 11.4 Å². The van der Waals surface area contributed by atoms with E-state index in [-0.39, 0.29) is 11.8 Å². The molecule has 1 aliphatic carbocycles. The highest BCUT2D eigenvalue weighted by Crippen LogP contribution is 2.36. The Balaban J connectivity index is 2.13. The van der Waals surface area contributed by atoms with Gasteiger partial charge in [-0.15, -0.1) is 0 Å². The highest BCUT2D eigenvalue weighted by Gasteiger charge is 2.25. The molecule has 2 rings (SSSR count). The van der Waals surface area contributed by atoms with E-state index in [1.54, 1.807) is 12.1 Å². The van der Waals surface area contributed by atoms with Gasteiger partial charge in [0.25, 0.3) is 0 Å². The van der Waals surface area contributed by atoms with Gasteiger partial charge < -0.3 is 10.1 Å². The summed E-state index contributed by atoms with van der Waals surface area (Å²) in [6.07, 6.45) is 4.80. The second-order valence-electron chi connectivity index (χ2n) is 6.03. The SMILES string of the molecule is CCC(CC1CC1)Nc1ccc([N+](=O)[O-])c(OC(C)C)c1. The first-order valence-corrected chi connectivity index (χ1v) is 7.71. The van der Waals surface area contributed by atoms with E-state index >= 15 is 0 Å². The molecule has 1 atom stereocenters. The summed E-state index contributed by atoms with van der Waals surface area (Å²) in [7, 11) is 0. The Morgan fingerprint density at radius 1 is 1.43 bits per heavy atom.